The van der Waals surface area contributed by atoms with Gasteiger partial charge < -0.3 is 10.6 Å². The Balaban J connectivity index is 0.00000182. The first kappa shape index (κ1) is 17.1. The van der Waals surface area contributed by atoms with E-state index in [9.17, 15) is 4.79 Å². The third kappa shape index (κ3) is 3.52. The van der Waals surface area contributed by atoms with Crippen LogP contribution in [0.2, 0.25) is 0 Å². The van der Waals surface area contributed by atoms with Crippen LogP contribution in [-0.4, -0.2) is 43.3 Å². The van der Waals surface area contributed by atoms with Crippen LogP contribution in [0.3, 0.4) is 0 Å². The van der Waals surface area contributed by atoms with Gasteiger partial charge in [-0.2, -0.15) is 10.3 Å². The Morgan fingerprint density at radius 2 is 2.04 bits per heavy atom. The minimum absolute atomic E-state index is 0. The molecule has 25 heavy (non-hydrogen) atoms. The van der Waals surface area contributed by atoms with Gasteiger partial charge in [-0.05, 0) is 10.8 Å². The molecule has 10 heteroatoms. The summed E-state index contributed by atoms with van der Waals surface area (Å²) in [5.74, 6) is 0.375. The molecule has 0 saturated carbocycles. The number of aromatic amines is 2. The molecule has 3 heterocycles. The van der Waals surface area contributed by atoms with E-state index in [2.05, 4.69) is 41.5 Å². The van der Waals surface area contributed by atoms with Crippen LogP contribution in [0.1, 0.15) is 27.3 Å². The van der Waals surface area contributed by atoms with Crippen molar-refractivity contribution >= 4 is 18.3 Å². The third-order valence-electron chi connectivity index (χ3n) is 4.03. The molecule has 1 aromatic carbocycles. The predicted molar refractivity (Wildman–Crippen MR) is 92.0 cm³/mol. The molecule has 3 aromatic rings. The number of hydrogen-bond donors (Lipinski definition) is 4. The molecule has 1 aliphatic rings. The zero-order valence-corrected chi connectivity index (χ0v) is 14.1. The smallest absolute Gasteiger partial charge is 0.272 e. The highest BCUT2D eigenvalue weighted by Crippen LogP contribution is 2.16. The Bertz CT molecular complexity index is 843. The monoisotopic (exact) mass is 360 g/mol. The number of aromatic nitrogens is 6. The van der Waals surface area contributed by atoms with E-state index in [1.807, 2.05) is 24.3 Å². The maximum Gasteiger partial charge on any atom is 0.272 e. The minimum Gasteiger partial charge on any atom is -0.347 e. The van der Waals surface area contributed by atoms with Crippen molar-refractivity contribution in [3.63, 3.8) is 0 Å². The van der Waals surface area contributed by atoms with Crippen LogP contribution >= 0.6 is 12.4 Å². The molecule has 0 fully saturated rings. The van der Waals surface area contributed by atoms with E-state index in [1.54, 1.807) is 0 Å². The van der Waals surface area contributed by atoms with E-state index in [0.717, 1.165) is 35.3 Å². The average molecular weight is 361 g/mol. The fourth-order valence-electron chi connectivity index (χ4n) is 2.73. The number of amides is 1. The van der Waals surface area contributed by atoms with E-state index in [1.165, 1.54) is 0 Å². The third-order valence-corrected chi connectivity index (χ3v) is 4.03. The number of carbonyl (C=O) groups is 1. The molecule has 0 spiro atoms. The second-order valence-corrected chi connectivity index (χ2v) is 5.57. The van der Waals surface area contributed by atoms with Crippen molar-refractivity contribution in [2.45, 2.75) is 19.5 Å². The van der Waals surface area contributed by atoms with Crippen LogP contribution < -0.4 is 10.6 Å². The Hall–Kier alpha value is -2.78. The number of nitrogens with one attached hydrogen (secondary N) is 4. The van der Waals surface area contributed by atoms with Crippen LogP contribution in [0, 0.1) is 0 Å². The summed E-state index contributed by atoms with van der Waals surface area (Å²) < 4.78 is 0. The summed E-state index contributed by atoms with van der Waals surface area (Å²) in [7, 11) is 0. The van der Waals surface area contributed by atoms with E-state index >= 15 is 0 Å². The van der Waals surface area contributed by atoms with E-state index in [-0.39, 0.29) is 18.3 Å². The van der Waals surface area contributed by atoms with Crippen LogP contribution in [0.4, 0.5) is 0 Å². The van der Waals surface area contributed by atoms with Crippen molar-refractivity contribution in [1.29, 1.82) is 0 Å². The van der Waals surface area contributed by atoms with Crippen LogP contribution in [0.5, 0.6) is 0 Å². The second kappa shape index (κ2) is 7.41. The Labute approximate surface area is 149 Å². The molecule has 4 N–H and O–H groups in total. The first-order valence-electron chi connectivity index (χ1n) is 7.69. The summed E-state index contributed by atoms with van der Waals surface area (Å²) in [5.41, 5.74) is 4.33. The summed E-state index contributed by atoms with van der Waals surface area (Å²) in [5, 5.41) is 27.1. The molecule has 9 nitrogen and oxygen atoms in total. The van der Waals surface area contributed by atoms with Crippen molar-refractivity contribution in [2.75, 3.05) is 6.54 Å². The highest BCUT2D eigenvalue weighted by molar-refractivity contribution is 5.94. The first-order valence-corrected chi connectivity index (χ1v) is 7.69. The zero-order valence-electron chi connectivity index (χ0n) is 13.2. The number of fused-ring (bicyclic) bond motifs is 1. The van der Waals surface area contributed by atoms with Crippen LogP contribution in [-0.2, 0) is 19.5 Å². The fourth-order valence-corrected chi connectivity index (χ4v) is 2.73. The number of nitrogens with zero attached hydrogens (tertiary/aromatic N) is 4. The van der Waals surface area contributed by atoms with Gasteiger partial charge in [0, 0.05) is 42.9 Å². The summed E-state index contributed by atoms with van der Waals surface area (Å²) >= 11 is 0. The maximum atomic E-state index is 12.4. The van der Waals surface area contributed by atoms with Gasteiger partial charge in [-0.3, -0.25) is 9.89 Å². The van der Waals surface area contributed by atoms with Gasteiger partial charge >= 0.3 is 0 Å². The number of rotatable bonds is 4. The number of halogens is 1. The summed E-state index contributed by atoms with van der Waals surface area (Å²) in [6.45, 7) is 2.01. The van der Waals surface area contributed by atoms with Gasteiger partial charge in [0.05, 0.1) is 0 Å². The summed E-state index contributed by atoms with van der Waals surface area (Å²) in [6.07, 6.45) is 0.868. The largest absolute Gasteiger partial charge is 0.347 e. The number of H-pyrrole nitrogens is 2. The number of tetrazole rings is 1. The Morgan fingerprint density at radius 1 is 1.20 bits per heavy atom. The van der Waals surface area contributed by atoms with Crippen molar-refractivity contribution < 1.29 is 4.79 Å². The maximum absolute atomic E-state index is 12.4. The fraction of sp³-hybridized carbons (Fsp3) is 0.267. The van der Waals surface area contributed by atoms with Crippen molar-refractivity contribution in [2.24, 2.45) is 0 Å². The molecule has 2 aromatic heterocycles. The molecule has 1 aliphatic heterocycles. The normalized spacial score (nSPS) is 13.0. The molecule has 1 amide bonds. The quantitative estimate of drug-likeness (QED) is 0.539. The van der Waals surface area contributed by atoms with Crippen LogP contribution in [0.15, 0.2) is 24.3 Å². The van der Waals surface area contributed by atoms with E-state index < -0.39 is 0 Å². The lowest BCUT2D eigenvalue weighted by Crippen LogP contribution is -2.28. The van der Waals surface area contributed by atoms with Gasteiger partial charge in [0.2, 0.25) is 5.82 Å². The molecule has 0 radical (unpaired) electrons. The highest BCUT2D eigenvalue weighted by Gasteiger charge is 2.21. The van der Waals surface area contributed by atoms with Crippen LogP contribution in [0.25, 0.3) is 11.4 Å². The lowest BCUT2D eigenvalue weighted by molar-refractivity contribution is 0.0944. The molecular weight excluding hydrogens is 344 g/mol. The lowest BCUT2D eigenvalue weighted by Gasteiger charge is -2.12. The van der Waals surface area contributed by atoms with E-state index in [4.69, 9.17) is 0 Å². The average Bonchev–Trinajstić information content (AvgIpc) is 3.30. The van der Waals surface area contributed by atoms with Crippen molar-refractivity contribution in [3.05, 3.63) is 46.8 Å². The topological polar surface area (TPSA) is 124 Å². The summed E-state index contributed by atoms with van der Waals surface area (Å²) in [4.78, 5) is 12.4. The first-order chi connectivity index (χ1) is 11.8. The van der Waals surface area contributed by atoms with Gasteiger partial charge in [0.1, 0.15) is 0 Å². The highest BCUT2D eigenvalue weighted by atomic mass is 35.5. The van der Waals surface area contributed by atoms with Crippen molar-refractivity contribution in [3.8, 4) is 11.4 Å². The standard InChI is InChI=1S/C15H16N8O.ClH/c24-15(13-11-8-16-6-5-12(11)18-19-13)17-7-9-1-3-10(4-2-9)14-20-22-23-21-14;/h1-4,16H,5-8H2,(H,17,24)(H,18,19)(H,20,21,22,23);1H. The zero-order chi connectivity index (χ0) is 16.4. The van der Waals surface area contributed by atoms with Gasteiger partial charge in [0.25, 0.3) is 5.91 Å². The number of benzene rings is 1. The van der Waals surface area contributed by atoms with Gasteiger partial charge in [-0.15, -0.1) is 22.6 Å². The molecule has 0 bridgehead atoms. The van der Waals surface area contributed by atoms with Gasteiger partial charge in [0.15, 0.2) is 5.69 Å². The van der Waals surface area contributed by atoms with Crippen molar-refractivity contribution in [1.82, 2.24) is 41.5 Å². The molecule has 130 valence electrons. The molecular formula is C15H17ClN8O. The van der Waals surface area contributed by atoms with E-state index in [0.29, 0.717) is 24.6 Å². The SMILES string of the molecule is Cl.O=C(NCc1ccc(-c2nn[nH]n2)cc1)c1n[nH]c2c1CNCC2. The Kier molecular flexibility index (Phi) is 5.05. The molecule has 0 saturated heterocycles. The second-order valence-electron chi connectivity index (χ2n) is 5.57. The predicted octanol–water partition coefficient (Wildman–Crippen LogP) is 0.587. The summed E-state index contributed by atoms with van der Waals surface area (Å²) in [6, 6.07) is 7.64. The lowest BCUT2D eigenvalue weighted by atomic mass is 10.1. The number of hydrogen-bond acceptors (Lipinski definition) is 6. The molecule has 0 unspecified atom stereocenters. The molecule has 0 aliphatic carbocycles. The van der Waals surface area contributed by atoms with Gasteiger partial charge in [-0.25, -0.2) is 0 Å². The minimum atomic E-state index is -0.168. The number of carbonyl (C=O) groups excluding carboxylic acids is 1. The molecule has 0 atom stereocenters. The molecule has 4 rings (SSSR count). The van der Waals surface area contributed by atoms with Gasteiger partial charge in [-0.1, -0.05) is 24.3 Å². The Morgan fingerprint density at radius 3 is 2.80 bits per heavy atom.